The van der Waals surface area contributed by atoms with Gasteiger partial charge in [0, 0.05) is 0 Å². The zero-order chi connectivity index (χ0) is 12.7. The van der Waals surface area contributed by atoms with Gasteiger partial charge in [-0.3, -0.25) is 0 Å². The van der Waals surface area contributed by atoms with Crippen LogP contribution < -0.4 is 0 Å². The molecule has 1 saturated heterocycles. The van der Waals surface area contributed by atoms with Crippen molar-refractivity contribution in [1.29, 1.82) is 0 Å². The number of hydrogen-bond acceptors (Lipinski definition) is 2. The quantitative estimate of drug-likeness (QED) is 0.703. The van der Waals surface area contributed by atoms with Crippen molar-refractivity contribution in [3.8, 4) is 0 Å². The predicted octanol–water partition coefficient (Wildman–Crippen LogP) is 3.23. The van der Waals surface area contributed by atoms with Crippen molar-refractivity contribution in [2.45, 2.75) is 52.9 Å². The molecule has 102 valence electrons. The first-order valence-corrected chi connectivity index (χ1v) is 7.38. The Hall–Kier alpha value is -0.0800. The number of nitrogens with zero attached hydrogens (tertiary/aromatic N) is 2. The first kappa shape index (κ1) is 15.0. The molecule has 0 aliphatic carbocycles. The molecule has 0 aromatic rings. The Morgan fingerprint density at radius 3 is 2.24 bits per heavy atom. The van der Waals surface area contributed by atoms with Crippen LogP contribution in [0.2, 0.25) is 0 Å². The summed E-state index contributed by atoms with van der Waals surface area (Å²) < 4.78 is 0. The maximum absolute atomic E-state index is 2.64. The van der Waals surface area contributed by atoms with E-state index >= 15 is 0 Å². The maximum atomic E-state index is 2.64. The maximum Gasteiger partial charge on any atom is -0.000655 e. The number of likely N-dealkylation sites (tertiary alicyclic amines) is 1. The second-order valence-corrected chi connectivity index (χ2v) is 6.87. The molecule has 17 heavy (non-hydrogen) atoms. The summed E-state index contributed by atoms with van der Waals surface area (Å²) in [6.45, 7) is 13.5. The standard InChI is InChI=1S/C15H32N2/c1-15(2,3)9-14-16(4)10-8-13-17-11-6-5-7-12-17/h5-14H2,1-4H3. The molecule has 1 fully saturated rings. The Balaban J connectivity index is 2.01. The van der Waals surface area contributed by atoms with Gasteiger partial charge in [0.05, 0.1) is 0 Å². The monoisotopic (exact) mass is 240 g/mol. The zero-order valence-electron chi connectivity index (χ0n) is 12.5. The van der Waals surface area contributed by atoms with Crippen LogP contribution in [0.4, 0.5) is 0 Å². The Labute approximate surface area is 108 Å². The minimum atomic E-state index is 0.473. The fourth-order valence-corrected chi connectivity index (χ4v) is 2.39. The van der Waals surface area contributed by atoms with Crippen LogP contribution in [-0.4, -0.2) is 49.6 Å². The van der Waals surface area contributed by atoms with E-state index < -0.39 is 0 Å². The Bertz CT molecular complexity index is 190. The van der Waals surface area contributed by atoms with Gasteiger partial charge in [0.25, 0.3) is 0 Å². The summed E-state index contributed by atoms with van der Waals surface area (Å²) in [5.41, 5.74) is 0.473. The van der Waals surface area contributed by atoms with E-state index in [1.807, 2.05) is 0 Å². The molecular formula is C15H32N2. The zero-order valence-corrected chi connectivity index (χ0v) is 12.5. The minimum Gasteiger partial charge on any atom is -0.306 e. The summed E-state index contributed by atoms with van der Waals surface area (Å²) in [6.07, 6.45) is 6.91. The van der Waals surface area contributed by atoms with Crippen molar-refractivity contribution < 1.29 is 0 Å². The molecule has 0 amide bonds. The number of hydrogen-bond donors (Lipinski definition) is 0. The second kappa shape index (κ2) is 7.38. The Morgan fingerprint density at radius 1 is 1.00 bits per heavy atom. The summed E-state index contributed by atoms with van der Waals surface area (Å²) in [5, 5.41) is 0. The third-order valence-electron chi connectivity index (χ3n) is 3.71. The van der Waals surface area contributed by atoms with Crippen molar-refractivity contribution in [2.24, 2.45) is 5.41 Å². The first-order chi connectivity index (χ1) is 7.97. The summed E-state index contributed by atoms with van der Waals surface area (Å²) >= 11 is 0. The highest BCUT2D eigenvalue weighted by Crippen LogP contribution is 2.18. The average Bonchev–Trinajstić information content (AvgIpc) is 2.27. The van der Waals surface area contributed by atoms with E-state index in [0.717, 1.165) is 0 Å². The molecule has 0 saturated carbocycles. The lowest BCUT2D eigenvalue weighted by molar-refractivity contribution is 0.205. The Morgan fingerprint density at radius 2 is 1.65 bits per heavy atom. The molecule has 0 atom stereocenters. The molecule has 1 aliphatic rings. The van der Waals surface area contributed by atoms with E-state index in [4.69, 9.17) is 0 Å². The van der Waals surface area contributed by atoms with Gasteiger partial charge in [-0.2, -0.15) is 0 Å². The molecule has 0 unspecified atom stereocenters. The highest BCUT2D eigenvalue weighted by Gasteiger charge is 2.12. The van der Waals surface area contributed by atoms with Crippen LogP contribution in [-0.2, 0) is 0 Å². The third-order valence-corrected chi connectivity index (χ3v) is 3.71. The highest BCUT2D eigenvalue weighted by atomic mass is 15.1. The fourth-order valence-electron chi connectivity index (χ4n) is 2.39. The van der Waals surface area contributed by atoms with Gasteiger partial charge >= 0.3 is 0 Å². The molecule has 2 heteroatoms. The summed E-state index contributed by atoms with van der Waals surface area (Å²) in [6, 6.07) is 0. The van der Waals surface area contributed by atoms with Gasteiger partial charge in [-0.15, -0.1) is 0 Å². The van der Waals surface area contributed by atoms with Gasteiger partial charge < -0.3 is 9.80 Å². The molecule has 0 aromatic heterocycles. The smallest absolute Gasteiger partial charge is 0.000655 e. The average molecular weight is 240 g/mol. The van der Waals surface area contributed by atoms with Crippen molar-refractivity contribution in [3.05, 3.63) is 0 Å². The molecule has 2 nitrogen and oxygen atoms in total. The lowest BCUT2D eigenvalue weighted by Gasteiger charge is -2.28. The largest absolute Gasteiger partial charge is 0.306 e. The van der Waals surface area contributed by atoms with Crippen molar-refractivity contribution >= 4 is 0 Å². The van der Waals surface area contributed by atoms with Crippen LogP contribution in [0.25, 0.3) is 0 Å². The van der Waals surface area contributed by atoms with Crippen LogP contribution in [0.5, 0.6) is 0 Å². The Kier molecular flexibility index (Phi) is 6.50. The lowest BCUT2D eigenvalue weighted by Crippen LogP contribution is -2.33. The van der Waals surface area contributed by atoms with Gasteiger partial charge in [0.15, 0.2) is 0 Å². The predicted molar refractivity (Wildman–Crippen MR) is 76.5 cm³/mol. The van der Waals surface area contributed by atoms with Crippen LogP contribution in [0.15, 0.2) is 0 Å². The van der Waals surface area contributed by atoms with E-state index in [9.17, 15) is 0 Å². The second-order valence-electron chi connectivity index (χ2n) is 6.87. The molecule has 1 heterocycles. The minimum absolute atomic E-state index is 0.473. The van der Waals surface area contributed by atoms with Crippen molar-refractivity contribution in [3.63, 3.8) is 0 Å². The van der Waals surface area contributed by atoms with Gasteiger partial charge in [0.1, 0.15) is 0 Å². The van der Waals surface area contributed by atoms with Crippen LogP contribution in [0.3, 0.4) is 0 Å². The molecule has 0 radical (unpaired) electrons. The number of rotatable bonds is 6. The number of piperidine rings is 1. The molecule has 1 aliphatic heterocycles. The van der Waals surface area contributed by atoms with E-state index in [-0.39, 0.29) is 0 Å². The van der Waals surface area contributed by atoms with Gasteiger partial charge in [-0.25, -0.2) is 0 Å². The van der Waals surface area contributed by atoms with Crippen molar-refractivity contribution in [2.75, 3.05) is 39.8 Å². The van der Waals surface area contributed by atoms with Crippen LogP contribution in [0.1, 0.15) is 52.9 Å². The highest BCUT2D eigenvalue weighted by molar-refractivity contribution is 4.67. The summed E-state index contributed by atoms with van der Waals surface area (Å²) in [7, 11) is 2.27. The van der Waals surface area contributed by atoms with E-state index in [1.165, 1.54) is 64.8 Å². The van der Waals surface area contributed by atoms with Gasteiger partial charge in [0.2, 0.25) is 0 Å². The molecule has 0 bridgehead atoms. The normalized spacial score (nSPS) is 18.9. The van der Waals surface area contributed by atoms with E-state index in [1.54, 1.807) is 0 Å². The molecule has 0 aromatic carbocycles. The molecular weight excluding hydrogens is 208 g/mol. The third kappa shape index (κ3) is 7.77. The van der Waals surface area contributed by atoms with E-state index in [0.29, 0.717) is 5.41 Å². The van der Waals surface area contributed by atoms with Crippen LogP contribution >= 0.6 is 0 Å². The van der Waals surface area contributed by atoms with E-state index in [2.05, 4.69) is 37.6 Å². The molecule has 0 N–H and O–H groups in total. The van der Waals surface area contributed by atoms with Gasteiger partial charge in [-0.1, -0.05) is 27.2 Å². The first-order valence-electron chi connectivity index (χ1n) is 7.38. The topological polar surface area (TPSA) is 6.48 Å². The van der Waals surface area contributed by atoms with Crippen LogP contribution in [0, 0.1) is 5.41 Å². The SMILES string of the molecule is CN(CCCN1CCCCC1)CCC(C)(C)C. The summed E-state index contributed by atoms with van der Waals surface area (Å²) in [5.74, 6) is 0. The lowest BCUT2D eigenvalue weighted by atomic mass is 9.92. The summed E-state index contributed by atoms with van der Waals surface area (Å²) in [4.78, 5) is 5.14. The van der Waals surface area contributed by atoms with Gasteiger partial charge in [-0.05, 0) is 70.9 Å². The van der Waals surface area contributed by atoms with Crippen molar-refractivity contribution in [1.82, 2.24) is 9.80 Å². The molecule has 0 spiro atoms. The fraction of sp³-hybridized carbons (Fsp3) is 1.00. The molecule has 1 rings (SSSR count).